The predicted octanol–water partition coefficient (Wildman–Crippen LogP) is 3.68. The highest BCUT2D eigenvalue weighted by atomic mass is 16.5. The molecule has 0 atom stereocenters. The van der Waals surface area contributed by atoms with Crippen LogP contribution in [0.15, 0.2) is 18.2 Å². The second kappa shape index (κ2) is 6.61. The van der Waals surface area contributed by atoms with Crippen molar-refractivity contribution in [2.24, 2.45) is 0 Å². The summed E-state index contributed by atoms with van der Waals surface area (Å²) in [6.45, 7) is 13.2. The summed E-state index contributed by atoms with van der Waals surface area (Å²) in [5, 5.41) is 0. The molecule has 1 rings (SSSR count). The molecule has 0 bridgehead atoms. The first-order valence-electron chi connectivity index (χ1n) is 5.98. The Kier molecular flexibility index (Phi) is 5.13. The van der Waals surface area contributed by atoms with Crippen molar-refractivity contribution in [1.82, 2.24) is 0 Å². The maximum Gasteiger partial charge on any atom is 0.330 e. The topological polar surface area (TPSA) is 30.7 Å². The van der Waals surface area contributed by atoms with E-state index in [-0.39, 0.29) is 5.97 Å². The van der Waals surface area contributed by atoms with E-state index in [1.807, 2.05) is 26.0 Å². The molecule has 0 saturated heterocycles. The molecule has 94 valence electrons. The smallest absolute Gasteiger partial charge is 0.330 e. The maximum atomic E-state index is 11.3. The van der Waals surface area contributed by atoms with Gasteiger partial charge in [-0.1, -0.05) is 30.2 Å². The first-order chi connectivity index (χ1) is 8.62. The third-order valence-electron chi connectivity index (χ3n) is 2.64. The van der Waals surface area contributed by atoms with Crippen molar-refractivity contribution in [2.75, 3.05) is 6.61 Å². The lowest BCUT2D eigenvalue weighted by Crippen LogP contribution is -1.99. The first kappa shape index (κ1) is 14.0. The molecule has 3 heteroatoms. The van der Waals surface area contributed by atoms with Crippen LogP contribution in [0.3, 0.4) is 0 Å². The Balaban J connectivity index is 3.09. The second-order valence-corrected chi connectivity index (χ2v) is 3.89. The minimum absolute atomic E-state index is 0.340. The number of rotatable bonds is 4. The molecule has 0 amide bonds. The Morgan fingerprint density at radius 2 is 2.17 bits per heavy atom. The third kappa shape index (κ3) is 3.46. The summed E-state index contributed by atoms with van der Waals surface area (Å²) < 4.78 is 4.85. The SMILES string of the molecule is [C-]#[N+]c1cc(C)c(/C=C/C(=O)OCC)c(CC)c1. The zero-order valence-electron chi connectivity index (χ0n) is 11.0. The molecule has 1 aromatic carbocycles. The van der Waals surface area contributed by atoms with Crippen LogP contribution in [0.5, 0.6) is 0 Å². The van der Waals surface area contributed by atoms with Crippen LogP contribution < -0.4 is 0 Å². The van der Waals surface area contributed by atoms with E-state index in [2.05, 4.69) is 4.85 Å². The lowest BCUT2D eigenvalue weighted by atomic mass is 9.98. The zero-order valence-corrected chi connectivity index (χ0v) is 11.0. The molecule has 0 saturated carbocycles. The third-order valence-corrected chi connectivity index (χ3v) is 2.64. The fourth-order valence-electron chi connectivity index (χ4n) is 1.79. The first-order valence-corrected chi connectivity index (χ1v) is 5.98. The van der Waals surface area contributed by atoms with Gasteiger partial charge in [0.15, 0.2) is 5.69 Å². The van der Waals surface area contributed by atoms with Crippen molar-refractivity contribution >= 4 is 17.7 Å². The molecule has 0 N–H and O–H groups in total. The standard InChI is InChI=1S/C15H17NO2/c1-5-12-10-13(16-4)9-11(3)14(12)7-8-15(17)18-6-2/h7-10H,5-6H2,1-3H3/b8-7+. The van der Waals surface area contributed by atoms with Crippen LogP contribution in [0.2, 0.25) is 0 Å². The number of aryl methyl sites for hydroxylation is 2. The molecule has 0 aliphatic rings. The minimum Gasteiger partial charge on any atom is -0.463 e. The molecule has 0 aliphatic heterocycles. The summed E-state index contributed by atoms with van der Waals surface area (Å²) in [4.78, 5) is 14.7. The Labute approximate surface area is 108 Å². The van der Waals surface area contributed by atoms with Crippen molar-refractivity contribution in [3.05, 3.63) is 46.3 Å². The zero-order chi connectivity index (χ0) is 13.5. The Morgan fingerprint density at radius 3 is 2.72 bits per heavy atom. The van der Waals surface area contributed by atoms with Crippen molar-refractivity contribution in [3.8, 4) is 0 Å². The summed E-state index contributed by atoms with van der Waals surface area (Å²) >= 11 is 0. The molecule has 1 aromatic rings. The summed E-state index contributed by atoms with van der Waals surface area (Å²) in [5.41, 5.74) is 3.71. The maximum absolute atomic E-state index is 11.3. The van der Waals surface area contributed by atoms with Gasteiger partial charge in [0.05, 0.1) is 13.2 Å². The van der Waals surface area contributed by atoms with Gasteiger partial charge in [-0.2, -0.15) is 0 Å². The van der Waals surface area contributed by atoms with Crippen molar-refractivity contribution in [1.29, 1.82) is 0 Å². The number of carbonyl (C=O) groups is 1. The van der Waals surface area contributed by atoms with E-state index in [0.29, 0.717) is 12.3 Å². The number of nitrogens with zero attached hydrogens (tertiary/aromatic N) is 1. The summed E-state index contributed by atoms with van der Waals surface area (Å²) in [6, 6.07) is 3.70. The van der Waals surface area contributed by atoms with Gasteiger partial charge in [0, 0.05) is 6.08 Å². The van der Waals surface area contributed by atoms with Crippen LogP contribution >= 0.6 is 0 Å². The van der Waals surface area contributed by atoms with Crippen molar-refractivity contribution in [3.63, 3.8) is 0 Å². The molecule has 3 nitrogen and oxygen atoms in total. The van der Waals surface area contributed by atoms with Gasteiger partial charge in [0.2, 0.25) is 0 Å². The summed E-state index contributed by atoms with van der Waals surface area (Å²) in [7, 11) is 0. The number of hydrogen-bond acceptors (Lipinski definition) is 2. The summed E-state index contributed by atoms with van der Waals surface area (Å²) in [5.74, 6) is -0.340. The van der Waals surface area contributed by atoms with E-state index in [4.69, 9.17) is 11.3 Å². The van der Waals surface area contributed by atoms with Crippen LogP contribution in [-0.2, 0) is 16.0 Å². The lowest BCUT2D eigenvalue weighted by Gasteiger charge is -2.08. The van der Waals surface area contributed by atoms with E-state index in [0.717, 1.165) is 23.1 Å². The molecule has 18 heavy (non-hydrogen) atoms. The fraction of sp³-hybridized carbons (Fsp3) is 0.333. The van der Waals surface area contributed by atoms with E-state index >= 15 is 0 Å². The molecular formula is C15H17NO2. The highest BCUT2D eigenvalue weighted by molar-refractivity contribution is 5.87. The predicted molar refractivity (Wildman–Crippen MR) is 72.5 cm³/mol. The van der Waals surface area contributed by atoms with Gasteiger partial charge < -0.3 is 4.74 Å². The van der Waals surface area contributed by atoms with Gasteiger partial charge in [-0.25, -0.2) is 9.64 Å². The van der Waals surface area contributed by atoms with Crippen molar-refractivity contribution < 1.29 is 9.53 Å². The van der Waals surface area contributed by atoms with Crippen LogP contribution in [0.1, 0.15) is 30.5 Å². The fourth-order valence-corrected chi connectivity index (χ4v) is 1.79. The normalized spacial score (nSPS) is 10.3. The number of hydrogen-bond donors (Lipinski definition) is 0. The van der Waals surface area contributed by atoms with Crippen LogP contribution in [0.4, 0.5) is 5.69 Å². The Hall–Kier alpha value is -2.08. The molecule has 0 aromatic heterocycles. The van der Waals surface area contributed by atoms with Gasteiger partial charge in [-0.05, 0) is 31.9 Å². The number of esters is 1. The minimum atomic E-state index is -0.340. The monoisotopic (exact) mass is 243 g/mol. The molecule has 0 fully saturated rings. The number of carbonyl (C=O) groups excluding carboxylic acids is 1. The largest absolute Gasteiger partial charge is 0.463 e. The Bertz CT molecular complexity index is 510. The number of benzene rings is 1. The molecular weight excluding hydrogens is 226 g/mol. The number of ether oxygens (including phenoxy) is 1. The molecule has 0 radical (unpaired) electrons. The molecule has 0 heterocycles. The van der Waals surface area contributed by atoms with Gasteiger partial charge in [-0.15, -0.1) is 0 Å². The average molecular weight is 243 g/mol. The van der Waals surface area contributed by atoms with Crippen LogP contribution in [-0.4, -0.2) is 12.6 Å². The van der Waals surface area contributed by atoms with Gasteiger partial charge in [-0.3, -0.25) is 0 Å². The van der Waals surface area contributed by atoms with Crippen molar-refractivity contribution in [2.45, 2.75) is 27.2 Å². The van der Waals surface area contributed by atoms with Crippen LogP contribution in [0, 0.1) is 13.5 Å². The average Bonchev–Trinajstić information content (AvgIpc) is 2.36. The highest BCUT2D eigenvalue weighted by Gasteiger charge is 2.05. The molecule has 0 spiro atoms. The van der Waals surface area contributed by atoms with Gasteiger partial charge in [0.1, 0.15) is 0 Å². The van der Waals surface area contributed by atoms with Gasteiger partial charge in [0.25, 0.3) is 0 Å². The lowest BCUT2D eigenvalue weighted by molar-refractivity contribution is -0.137. The van der Waals surface area contributed by atoms with Gasteiger partial charge >= 0.3 is 5.97 Å². The summed E-state index contributed by atoms with van der Waals surface area (Å²) in [6.07, 6.45) is 4.02. The Morgan fingerprint density at radius 1 is 1.44 bits per heavy atom. The van der Waals surface area contributed by atoms with E-state index in [1.165, 1.54) is 6.08 Å². The second-order valence-electron chi connectivity index (χ2n) is 3.89. The van der Waals surface area contributed by atoms with Crippen LogP contribution in [0.25, 0.3) is 10.9 Å². The van der Waals surface area contributed by atoms with E-state index < -0.39 is 0 Å². The highest BCUT2D eigenvalue weighted by Crippen LogP contribution is 2.24. The quantitative estimate of drug-likeness (QED) is 0.459. The molecule has 0 unspecified atom stereocenters. The van der Waals surface area contributed by atoms with E-state index in [1.54, 1.807) is 13.0 Å². The molecule has 0 aliphatic carbocycles. The van der Waals surface area contributed by atoms with E-state index in [9.17, 15) is 4.79 Å².